The maximum atomic E-state index is 13.1. The highest BCUT2D eigenvalue weighted by Crippen LogP contribution is 2.34. The van der Waals surface area contributed by atoms with Crippen molar-refractivity contribution in [3.63, 3.8) is 0 Å². The normalized spacial score (nSPS) is 11.5. The van der Waals surface area contributed by atoms with E-state index < -0.39 is 11.7 Å². The third-order valence-electron chi connectivity index (χ3n) is 4.18. The molecule has 0 radical (unpaired) electrons. The van der Waals surface area contributed by atoms with Crippen LogP contribution in [0.4, 0.5) is 0 Å². The van der Waals surface area contributed by atoms with Gasteiger partial charge in [-0.15, -0.1) is 6.58 Å². The molecule has 0 aliphatic carbocycles. The van der Waals surface area contributed by atoms with Gasteiger partial charge in [0.1, 0.15) is 11.7 Å². The van der Waals surface area contributed by atoms with E-state index >= 15 is 0 Å². The molecule has 1 unspecified atom stereocenters. The number of hydrogen-bond acceptors (Lipinski definition) is 6. The number of hydrogen-bond donors (Lipinski definition) is 2. The average molecular weight is 370 g/mol. The molecule has 0 spiro atoms. The van der Waals surface area contributed by atoms with Gasteiger partial charge < -0.3 is 19.7 Å². The minimum atomic E-state index is -1.08. The molecule has 2 N–H and O–H groups in total. The number of ether oxygens (including phenoxy) is 2. The van der Waals surface area contributed by atoms with E-state index in [1.165, 1.54) is 50.6 Å². The zero-order valence-corrected chi connectivity index (χ0v) is 15.3. The lowest BCUT2D eigenvalue weighted by Crippen LogP contribution is -2.22. The Morgan fingerprint density at radius 3 is 2.22 bits per heavy atom. The molecule has 27 heavy (non-hydrogen) atoms. The number of phenols is 2. The summed E-state index contributed by atoms with van der Waals surface area (Å²) in [6, 6.07) is 8.54. The van der Waals surface area contributed by atoms with Crippen molar-refractivity contribution in [2.45, 2.75) is 18.8 Å². The van der Waals surface area contributed by atoms with Gasteiger partial charge >= 0.3 is 0 Å². The monoisotopic (exact) mass is 370 g/mol. The van der Waals surface area contributed by atoms with E-state index in [-0.39, 0.29) is 40.8 Å². The number of allylic oxidation sites excluding steroid dienone is 1. The molecule has 0 aromatic heterocycles. The Labute approximate surface area is 157 Å². The number of ketones is 2. The predicted molar refractivity (Wildman–Crippen MR) is 101 cm³/mol. The number of rotatable bonds is 9. The smallest absolute Gasteiger partial charge is 0.177 e. The number of phenolic OH excluding ortho intramolecular Hbond substituents is 2. The van der Waals surface area contributed by atoms with Crippen LogP contribution in [0, 0.1) is 0 Å². The number of carbonyl (C=O) groups excluding carboxylic acids is 2. The summed E-state index contributed by atoms with van der Waals surface area (Å²) < 4.78 is 10.1. The molecule has 2 rings (SSSR count). The Hall–Kier alpha value is -3.28. The summed E-state index contributed by atoms with van der Waals surface area (Å²) in [5.41, 5.74) is 0.643. The largest absolute Gasteiger partial charge is 0.504 e. The van der Waals surface area contributed by atoms with Crippen LogP contribution in [0.25, 0.3) is 0 Å². The minimum absolute atomic E-state index is 0.0858. The van der Waals surface area contributed by atoms with Crippen LogP contribution in [0.15, 0.2) is 49.1 Å². The second-order valence-electron chi connectivity index (χ2n) is 5.91. The van der Waals surface area contributed by atoms with Gasteiger partial charge in [0.25, 0.3) is 0 Å². The van der Waals surface area contributed by atoms with Gasteiger partial charge in [-0.2, -0.15) is 0 Å². The third kappa shape index (κ3) is 4.47. The molecule has 6 nitrogen and oxygen atoms in total. The zero-order chi connectivity index (χ0) is 20.0. The number of aromatic hydroxyl groups is 2. The van der Waals surface area contributed by atoms with E-state index in [1.54, 1.807) is 6.08 Å². The molecule has 0 bridgehead atoms. The van der Waals surface area contributed by atoms with Crippen molar-refractivity contribution in [3.05, 3.63) is 60.2 Å². The van der Waals surface area contributed by atoms with E-state index in [0.29, 0.717) is 12.0 Å². The summed E-state index contributed by atoms with van der Waals surface area (Å²) in [4.78, 5) is 25.9. The molecular formula is C21H22O6. The summed E-state index contributed by atoms with van der Waals surface area (Å²) in [7, 11) is 2.76. The summed E-state index contributed by atoms with van der Waals surface area (Å²) in [5, 5.41) is 19.5. The average Bonchev–Trinajstić information content (AvgIpc) is 2.67. The van der Waals surface area contributed by atoms with Crippen LogP contribution in [0.5, 0.6) is 23.0 Å². The Balaban J connectivity index is 2.50. The topological polar surface area (TPSA) is 93.1 Å². The molecule has 142 valence electrons. The fourth-order valence-corrected chi connectivity index (χ4v) is 2.74. The van der Waals surface area contributed by atoms with Gasteiger partial charge in [0.2, 0.25) is 0 Å². The van der Waals surface area contributed by atoms with Gasteiger partial charge in [0, 0.05) is 12.0 Å². The second kappa shape index (κ2) is 8.89. The van der Waals surface area contributed by atoms with Crippen molar-refractivity contribution < 1.29 is 29.3 Å². The minimum Gasteiger partial charge on any atom is -0.504 e. The maximum absolute atomic E-state index is 13.1. The molecule has 0 amide bonds. The van der Waals surface area contributed by atoms with Gasteiger partial charge in [-0.1, -0.05) is 12.1 Å². The lowest BCUT2D eigenvalue weighted by Gasteiger charge is -2.17. The highest BCUT2D eigenvalue weighted by molar-refractivity contribution is 6.15. The highest BCUT2D eigenvalue weighted by atomic mass is 16.5. The van der Waals surface area contributed by atoms with Crippen molar-refractivity contribution in [2.24, 2.45) is 0 Å². The van der Waals surface area contributed by atoms with Crippen LogP contribution in [0.1, 0.15) is 34.7 Å². The van der Waals surface area contributed by atoms with Gasteiger partial charge in [0.05, 0.1) is 14.2 Å². The first-order valence-electron chi connectivity index (χ1n) is 8.34. The summed E-state index contributed by atoms with van der Waals surface area (Å²) in [6.45, 7) is 3.60. The van der Waals surface area contributed by atoms with Crippen LogP contribution >= 0.6 is 0 Å². The van der Waals surface area contributed by atoms with E-state index in [2.05, 4.69) is 6.58 Å². The van der Waals surface area contributed by atoms with Gasteiger partial charge in [0.15, 0.2) is 28.8 Å². The van der Waals surface area contributed by atoms with E-state index in [0.717, 1.165) is 0 Å². The van der Waals surface area contributed by atoms with E-state index in [4.69, 9.17) is 9.47 Å². The summed E-state index contributed by atoms with van der Waals surface area (Å²) in [6.07, 6.45) is 2.20. The fraction of sp³-hybridized carbons (Fsp3) is 0.238. The van der Waals surface area contributed by atoms with Crippen molar-refractivity contribution in [3.8, 4) is 23.0 Å². The van der Waals surface area contributed by atoms with Crippen LogP contribution in [0.3, 0.4) is 0 Å². The van der Waals surface area contributed by atoms with Crippen LogP contribution < -0.4 is 9.47 Å². The van der Waals surface area contributed by atoms with Crippen LogP contribution in [0.2, 0.25) is 0 Å². The number of benzene rings is 2. The van der Waals surface area contributed by atoms with Crippen LogP contribution in [-0.4, -0.2) is 36.0 Å². The molecule has 0 saturated carbocycles. The first-order chi connectivity index (χ1) is 12.9. The quantitative estimate of drug-likeness (QED) is 0.398. The van der Waals surface area contributed by atoms with Crippen molar-refractivity contribution in [1.82, 2.24) is 0 Å². The third-order valence-corrected chi connectivity index (χ3v) is 4.18. The molecule has 6 heteroatoms. The fourth-order valence-electron chi connectivity index (χ4n) is 2.74. The van der Waals surface area contributed by atoms with Crippen molar-refractivity contribution in [1.29, 1.82) is 0 Å². The van der Waals surface area contributed by atoms with Gasteiger partial charge in [-0.3, -0.25) is 9.59 Å². The Kier molecular flexibility index (Phi) is 6.60. The van der Waals surface area contributed by atoms with Gasteiger partial charge in [-0.05, 0) is 42.3 Å². The zero-order valence-electron chi connectivity index (χ0n) is 15.3. The summed E-state index contributed by atoms with van der Waals surface area (Å²) in [5.74, 6) is -1.66. The second-order valence-corrected chi connectivity index (χ2v) is 5.91. The molecule has 1 atom stereocenters. The van der Waals surface area contributed by atoms with E-state index in [9.17, 15) is 19.8 Å². The molecule has 2 aromatic rings. The number of Topliss-reactive ketones (excluding diaryl/α,β-unsaturated/α-hetero) is 2. The van der Waals surface area contributed by atoms with Crippen molar-refractivity contribution in [2.75, 3.05) is 14.2 Å². The first-order valence-corrected chi connectivity index (χ1v) is 8.34. The molecular weight excluding hydrogens is 348 g/mol. The molecule has 0 aliphatic rings. The molecule has 0 aliphatic heterocycles. The van der Waals surface area contributed by atoms with E-state index in [1.807, 2.05) is 0 Å². The summed E-state index contributed by atoms with van der Waals surface area (Å²) >= 11 is 0. The SMILES string of the molecule is C=CCCC(=O)C(C(=O)c1ccc(O)c(OC)c1)c1ccc(O)c(OC)c1. The standard InChI is InChI=1S/C21H22O6/c1-4-5-6-17(24)20(13-7-9-15(22)18(11-13)26-2)21(25)14-8-10-16(23)19(12-14)27-3/h4,7-12,20,22-23H,1,5-6H2,2-3H3. The predicted octanol–water partition coefficient (Wildman–Crippen LogP) is 3.62. The van der Waals surface area contributed by atoms with Crippen LogP contribution in [-0.2, 0) is 4.79 Å². The first kappa shape index (κ1) is 20.0. The Morgan fingerprint density at radius 2 is 1.63 bits per heavy atom. The maximum Gasteiger partial charge on any atom is 0.177 e. The molecule has 0 saturated heterocycles. The highest BCUT2D eigenvalue weighted by Gasteiger charge is 2.30. The Morgan fingerprint density at radius 1 is 1.04 bits per heavy atom. The van der Waals surface area contributed by atoms with Crippen molar-refractivity contribution >= 4 is 11.6 Å². The molecule has 0 fully saturated rings. The lowest BCUT2D eigenvalue weighted by molar-refractivity contribution is -0.119. The number of methoxy groups -OCH3 is 2. The van der Waals surface area contributed by atoms with Gasteiger partial charge in [-0.25, -0.2) is 0 Å². The Bertz CT molecular complexity index is 856. The molecule has 2 aromatic carbocycles. The lowest BCUT2D eigenvalue weighted by atomic mass is 9.85. The number of carbonyl (C=O) groups is 2. The molecule has 0 heterocycles.